The lowest BCUT2D eigenvalue weighted by Gasteiger charge is -2.32. The predicted molar refractivity (Wildman–Crippen MR) is 77.5 cm³/mol. The molecule has 1 aliphatic carbocycles. The van der Waals surface area contributed by atoms with Gasteiger partial charge in [0.15, 0.2) is 5.82 Å². The summed E-state index contributed by atoms with van der Waals surface area (Å²) in [6.07, 6.45) is 7.52. The van der Waals surface area contributed by atoms with E-state index in [4.69, 9.17) is 4.74 Å². The van der Waals surface area contributed by atoms with Gasteiger partial charge >= 0.3 is 0 Å². The summed E-state index contributed by atoms with van der Waals surface area (Å²) in [5.41, 5.74) is 0. The highest BCUT2D eigenvalue weighted by molar-refractivity contribution is 5.76. The van der Waals surface area contributed by atoms with Crippen LogP contribution in [-0.4, -0.2) is 45.3 Å². The zero-order valence-electron chi connectivity index (χ0n) is 12.7. The molecule has 0 aromatic carbocycles. The second-order valence-electron chi connectivity index (χ2n) is 5.55. The van der Waals surface area contributed by atoms with Gasteiger partial charge in [-0.25, -0.2) is 0 Å². The fourth-order valence-electron chi connectivity index (χ4n) is 2.71. The summed E-state index contributed by atoms with van der Waals surface area (Å²) in [5, 5.41) is 16.8. The van der Waals surface area contributed by atoms with Crippen molar-refractivity contribution >= 4 is 5.91 Å². The van der Waals surface area contributed by atoms with Crippen molar-refractivity contribution in [3.63, 3.8) is 0 Å². The molecular weight excluding hydrogens is 270 g/mol. The van der Waals surface area contributed by atoms with Crippen molar-refractivity contribution in [2.24, 2.45) is 0 Å². The average Bonchev–Trinajstić information content (AvgIpc) is 2.99. The number of tetrazole rings is 1. The van der Waals surface area contributed by atoms with E-state index in [2.05, 4.69) is 32.9 Å². The lowest BCUT2D eigenvalue weighted by molar-refractivity contribution is -0.123. The van der Waals surface area contributed by atoms with E-state index in [1.54, 1.807) is 0 Å². The van der Waals surface area contributed by atoms with E-state index >= 15 is 0 Å². The minimum absolute atomic E-state index is 0.0930. The number of carbonyl (C=O) groups excluding carboxylic acids is 1. The van der Waals surface area contributed by atoms with Crippen LogP contribution in [0.15, 0.2) is 0 Å². The molecule has 1 fully saturated rings. The number of rotatable bonds is 8. The molecule has 2 atom stereocenters. The number of nitrogens with one attached hydrogen (secondary N) is 2. The average molecular weight is 295 g/mol. The third-order valence-electron chi connectivity index (χ3n) is 3.78. The molecule has 2 rings (SSSR count). The predicted octanol–water partition coefficient (Wildman–Crippen LogP) is 1.38. The lowest BCUT2D eigenvalue weighted by atomic mass is 9.92. The van der Waals surface area contributed by atoms with Gasteiger partial charge in [-0.3, -0.25) is 4.79 Å². The lowest BCUT2D eigenvalue weighted by Crippen LogP contribution is -2.46. The summed E-state index contributed by atoms with van der Waals surface area (Å²) in [7, 11) is 0. The van der Waals surface area contributed by atoms with Gasteiger partial charge in [-0.05, 0) is 25.7 Å². The van der Waals surface area contributed by atoms with E-state index in [-0.39, 0.29) is 18.1 Å². The summed E-state index contributed by atoms with van der Waals surface area (Å²) < 4.78 is 5.86. The molecule has 0 saturated heterocycles. The number of hydrogen-bond acceptors (Lipinski definition) is 5. The molecular formula is C14H25N5O2. The highest BCUT2D eigenvalue weighted by Crippen LogP contribution is 2.21. The summed E-state index contributed by atoms with van der Waals surface area (Å²) >= 11 is 0. The SMILES string of the molecule is CCCO[C@@H]1CCCC[C@H]1NC(=O)CCCc1nn[nH]n1. The van der Waals surface area contributed by atoms with Crippen LogP contribution in [0.4, 0.5) is 0 Å². The Labute approximate surface area is 125 Å². The Morgan fingerprint density at radius 2 is 2.29 bits per heavy atom. The first-order valence-electron chi connectivity index (χ1n) is 7.93. The van der Waals surface area contributed by atoms with Crippen LogP contribution in [-0.2, 0) is 16.0 Å². The molecule has 0 aliphatic heterocycles. The molecule has 0 radical (unpaired) electrons. The van der Waals surface area contributed by atoms with E-state index in [9.17, 15) is 4.79 Å². The number of aromatic nitrogens is 4. The van der Waals surface area contributed by atoms with Crippen LogP contribution >= 0.6 is 0 Å². The van der Waals surface area contributed by atoms with Crippen molar-refractivity contribution in [1.29, 1.82) is 0 Å². The van der Waals surface area contributed by atoms with Crippen molar-refractivity contribution in [2.45, 2.75) is 70.4 Å². The second-order valence-corrected chi connectivity index (χ2v) is 5.55. The molecule has 1 amide bonds. The number of aromatic amines is 1. The number of ether oxygens (including phenoxy) is 1. The normalized spacial score (nSPS) is 22.1. The molecule has 1 aromatic heterocycles. The van der Waals surface area contributed by atoms with Crippen LogP contribution in [0.5, 0.6) is 0 Å². The number of nitrogens with zero attached hydrogens (tertiary/aromatic N) is 3. The molecule has 7 nitrogen and oxygen atoms in total. The first kappa shape index (κ1) is 15.9. The number of H-pyrrole nitrogens is 1. The third-order valence-corrected chi connectivity index (χ3v) is 3.78. The van der Waals surface area contributed by atoms with Gasteiger partial charge in [-0.1, -0.05) is 25.0 Å². The molecule has 21 heavy (non-hydrogen) atoms. The molecule has 7 heteroatoms. The van der Waals surface area contributed by atoms with Crippen LogP contribution in [0, 0.1) is 0 Å². The Morgan fingerprint density at radius 1 is 1.43 bits per heavy atom. The Hall–Kier alpha value is -1.50. The summed E-state index contributed by atoms with van der Waals surface area (Å²) in [4.78, 5) is 12.0. The van der Waals surface area contributed by atoms with Crippen molar-refractivity contribution < 1.29 is 9.53 Å². The molecule has 1 aromatic rings. The highest BCUT2D eigenvalue weighted by Gasteiger charge is 2.26. The number of amides is 1. The first-order chi connectivity index (χ1) is 10.3. The van der Waals surface area contributed by atoms with E-state index < -0.39 is 0 Å². The molecule has 2 N–H and O–H groups in total. The van der Waals surface area contributed by atoms with Crippen molar-refractivity contribution in [1.82, 2.24) is 25.9 Å². The minimum Gasteiger partial charge on any atom is -0.376 e. The Morgan fingerprint density at radius 3 is 3.05 bits per heavy atom. The minimum atomic E-state index is 0.0930. The van der Waals surface area contributed by atoms with E-state index in [0.29, 0.717) is 18.7 Å². The van der Waals surface area contributed by atoms with E-state index in [1.165, 1.54) is 12.8 Å². The third kappa shape index (κ3) is 5.41. The van der Waals surface area contributed by atoms with Crippen LogP contribution in [0.2, 0.25) is 0 Å². The fraction of sp³-hybridized carbons (Fsp3) is 0.857. The zero-order valence-corrected chi connectivity index (χ0v) is 12.7. The number of aryl methyl sites for hydroxylation is 1. The van der Waals surface area contributed by atoms with Gasteiger partial charge in [-0.2, -0.15) is 5.21 Å². The Balaban J connectivity index is 1.69. The monoisotopic (exact) mass is 295 g/mol. The maximum absolute atomic E-state index is 12.0. The molecule has 1 saturated carbocycles. The van der Waals surface area contributed by atoms with Gasteiger partial charge in [0.1, 0.15) is 0 Å². The summed E-state index contributed by atoms with van der Waals surface area (Å²) in [6, 6.07) is 0.169. The van der Waals surface area contributed by atoms with Gasteiger partial charge in [0.2, 0.25) is 5.91 Å². The number of carbonyl (C=O) groups is 1. The van der Waals surface area contributed by atoms with Crippen LogP contribution in [0.3, 0.4) is 0 Å². The van der Waals surface area contributed by atoms with Crippen molar-refractivity contribution in [3.05, 3.63) is 5.82 Å². The van der Waals surface area contributed by atoms with Crippen molar-refractivity contribution in [3.8, 4) is 0 Å². The van der Waals surface area contributed by atoms with Gasteiger partial charge in [0.05, 0.1) is 12.1 Å². The van der Waals surface area contributed by atoms with E-state index in [0.717, 1.165) is 32.3 Å². The Kier molecular flexibility index (Phi) is 6.59. The van der Waals surface area contributed by atoms with Crippen LogP contribution in [0.25, 0.3) is 0 Å². The molecule has 118 valence electrons. The van der Waals surface area contributed by atoms with Gasteiger partial charge in [0, 0.05) is 19.4 Å². The van der Waals surface area contributed by atoms with Gasteiger partial charge < -0.3 is 10.1 Å². The molecule has 0 bridgehead atoms. The van der Waals surface area contributed by atoms with Gasteiger partial charge in [0.25, 0.3) is 0 Å². The van der Waals surface area contributed by atoms with Crippen LogP contribution in [0.1, 0.15) is 57.7 Å². The van der Waals surface area contributed by atoms with E-state index in [1.807, 2.05) is 0 Å². The standard InChI is InChI=1S/C14H25N5O2/c1-2-10-21-12-7-4-3-6-11(12)15-14(20)9-5-8-13-16-18-19-17-13/h11-12H,2-10H2,1H3,(H,15,20)(H,16,17,18,19)/t11-,12-/m1/s1. The quantitative estimate of drug-likeness (QED) is 0.755. The topological polar surface area (TPSA) is 92.8 Å². The second kappa shape index (κ2) is 8.71. The van der Waals surface area contributed by atoms with Crippen LogP contribution < -0.4 is 5.32 Å². The largest absolute Gasteiger partial charge is 0.376 e. The molecule has 0 unspecified atom stereocenters. The molecule has 1 heterocycles. The maximum Gasteiger partial charge on any atom is 0.220 e. The first-order valence-corrected chi connectivity index (χ1v) is 7.93. The molecule has 0 spiro atoms. The highest BCUT2D eigenvalue weighted by atomic mass is 16.5. The van der Waals surface area contributed by atoms with Gasteiger partial charge in [-0.15, -0.1) is 10.2 Å². The summed E-state index contributed by atoms with van der Waals surface area (Å²) in [6.45, 7) is 2.88. The number of hydrogen-bond donors (Lipinski definition) is 2. The fourth-order valence-corrected chi connectivity index (χ4v) is 2.71. The zero-order chi connectivity index (χ0) is 14.9. The maximum atomic E-state index is 12.0. The summed E-state index contributed by atoms with van der Waals surface area (Å²) in [5.74, 6) is 0.750. The smallest absolute Gasteiger partial charge is 0.220 e. The molecule has 1 aliphatic rings. The Bertz CT molecular complexity index is 410. The van der Waals surface area contributed by atoms with Crippen molar-refractivity contribution in [2.75, 3.05) is 6.61 Å².